The molecule has 0 bridgehead atoms. The Hall–Kier alpha value is -1.10. The summed E-state index contributed by atoms with van der Waals surface area (Å²) in [5.74, 6) is 0.306. The number of imide groups is 1. The van der Waals surface area contributed by atoms with Crippen LogP contribution in [0.5, 0.6) is 0 Å². The minimum absolute atomic E-state index is 0.358. The number of nitrogens with two attached hydrogens (primary N) is 1. The molecule has 16 heavy (non-hydrogen) atoms. The Kier molecular flexibility index (Phi) is 5.25. The van der Waals surface area contributed by atoms with Gasteiger partial charge in [0, 0.05) is 0 Å². The third-order valence-corrected chi connectivity index (χ3v) is 3.08. The molecule has 0 aliphatic heterocycles. The van der Waals surface area contributed by atoms with Crippen LogP contribution >= 0.6 is 0 Å². The van der Waals surface area contributed by atoms with Crippen LogP contribution in [-0.4, -0.2) is 24.5 Å². The van der Waals surface area contributed by atoms with E-state index in [2.05, 4.69) is 10.6 Å². The van der Waals surface area contributed by atoms with Gasteiger partial charge in [0.15, 0.2) is 0 Å². The molecule has 1 saturated carbocycles. The van der Waals surface area contributed by atoms with Crippen LogP contribution in [0.3, 0.4) is 0 Å². The van der Waals surface area contributed by atoms with Crippen LogP contribution in [0.15, 0.2) is 0 Å². The predicted molar refractivity (Wildman–Crippen MR) is 61.8 cm³/mol. The summed E-state index contributed by atoms with van der Waals surface area (Å²) in [7, 11) is 0. The monoisotopic (exact) mass is 227 g/mol. The lowest BCUT2D eigenvalue weighted by molar-refractivity contribution is -0.121. The van der Waals surface area contributed by atoms with Crippen LogP contribution < -0.4 is 16.4 Å². The van der Waals surface area contributed by atoms with E-state index in [4.69, 9.17) is 5.73 Å². The van der Waals surface area contributed by atoms with Crippen molar-refractivity contribution in [1.82, 2.24) is 10.6 Å². The summed E-state index contributed by atoms with van der Waals surface area (Å²) in [6.07, 6.45) is 6.37. The number of carbonyl (C=O) groups excluding carboxylic acids is 2. The smallest absolute Gasteiger partial charge is 0.318 e. The van der Waals surface area contributed by atoms with Crippen molar-refractivity contribution in [2.45, 2.75) is 45.1 Å². The number of hydrogen-bond acceptors (Lipinski definition) is 3. The fourth-order valence-electron chi connectivity index (χ4n) is 2.06. The normalized spacial score (nSPS) is 19.1. The number of hydrogen-bond donors (Lipinski definition) is 3. The van der Waals surface area contributed by atoms with Crippen molar-refractivity contribution in [2.75, 3.05) is 6.54 Å². The Bertz CT molecular complexity index is 250. The molecular formula is C11H21N3O2. The fraction of sp³-hybridized carbons (Fsp3) is 0.818. The molecule has 0 spiro atoms. The highest BCUT2D eigenvalue weighted by Crippen LogP contribution is 2.22. The molecule has 1 aliphatic carbocycles. The summed E-state index contributed by atoms with van der Waals surface area (Å²) in [5, 5.41) is 5.21. The van der Waals surface area contributed by atoms with Gasteiger partial charge in [-0.05, 0) is 32.2 Å². The van der Waals surface area contributed by atoms with Gasteiger partial charge in [0.2, 0.25) is 5.91 Å². The first-order chi connectivity index (χ1) is 7.59. The number of urea groups is 1. The van der Waals surface area contributed by atoms with Crippen molar-refractivity contribution >= 4 is 11.9 Å². The first-order valence-electron chi connectivity index (χ1n) is 5.93. The highest BCUT2D eigenvalue weighted by atomic mass is 16.2. The maximum absolute atomic E-state index is 11.4. The maximum atomic E-state index is 11.4. The van der Waals surface area contributed by atoms with Crippen LogP contribution in [0.2, 0.25) is 0 Å². The molecule has 0 heterocycles. The SMILES string of the molecule is CC(NCC1CCCCC1)C(=O)NC(N)=O. The molecule has 92 valence electrons. The summed E-state index contributed by atoms with van der Waals surface area (Å²) in [6, 6.07) is -1.16. The molecule has 0 aromatic rings. The predicted octanol–water partition coefficient (Wildman–Crippen LogP) is 0.740. The van der Waals surface area contributed by atoms with Crippen LogP contribution in [0.4, 0.5) is 4.79 Å². The Morgan fingerprint density at radius 2 is 1.94 bits per heavy atom. The third-order valence-electron chi connectivity index (χ3n) is 3.08. The molecule has 1 unspecified atom stereocenters. The lowest BCUT2D eigenvalue weighted by Crippen LogP contribution is -2.47. The zero-order valence-electron chi connectivity index (χ0n) is 9.79. The van der Waals surface area contributed by atoms with Gasteiger partial charge in [-0.25, -0.2) is 4.79 Å². The van der Waals surface area contributed by atoms with E-state index in [1.54, 1.807) is 6.92 Å². The molecule has 1 aliphatic rings. The Morgan fingerprint density at radius 1 is 1.31 bits per heavy atom. The minimum atomic E-state index is -0.795. The van der Waals surface area contributed by atoms with Gasteiger partial charge in [0.05, 0.1) is 6.04 Å². The second kappa shape index (κ2) is 6.48. The molecule has 3 amide bonds. The summed E-state index contributed by atoms with van der Waals surface area (Å²) < 4.78 is 0. The van der Waals surface area contributed by atoms with Crippen molar-refractivity contribution in [3.05, 3.63) is 0 Å². The molecule has 5 nitrogen and oxygen atoms in total. The van der Waals surface area contributed by atoms with Gasteiger partial charge in [-0.1, -0.05) is 19.3 Å². The second-order valence-corrected chi connectivity index (χ2v) is 4.49. The standard InChI is InChI=1S/C11H21N3O2/c1-8(10(15)14-11(12)16)13-7-9-5-3-2-4-6-9/h8-9,13H,2-7H2,1H3,(H3,12,14,15,16). The van der Waals surface area contributed by atoms with Crippen LogP contribution in [0, 0.1) is 5.92 Å². The van der Waals surface area contributed by atoms with E-state index in [0.29, 0.717) is 5.92 Å². The molecule has 1 fully saturated rings. The van der Waals surface area contributed by atoms with Gasteiger partial charge >= 0.3 is 6.03 Å². The minimum Gasteiger partial charge on any atom is -0.351 e. The van der Waals surface area contributed by atoms with E-state index in [1.807, 2.05) is 0 Å². The van der Waals surface area contributed by atoms with Crippen LogP contribution in [0.1, 0.15) is 39.0 Å². The van der Waals surface area contributed by atoms with Gasteiger partial charge < -0.3 is 11.1 Å². The van der Waals surface area contributed by atoms with E-state index in [9.17, 15) is 9.59 Å². The van der Waals surface area contributed by atoms with Crippen molar-refractivity contribution in [3.8, 4) is 0 Å². The topological polar surface area (TPSA) is 84.2 Å². The Labute approximate surface area is 96.1 Å². The van der Waals surface area contributed by atoms with Gasteiger partial charge in [-0.3, -0.25) is 10.1 Å². The van der Waals surface area contributed by atoms with Crippen molar-refractivity contribution < 1.29 is 9.59 Å². The molecule has 0 radical (unpaired) electrons. The van der Waals surface area contributed by atoms with Gasteiger partial charge in [-0.2, -0.15) is 0 Å². The maximum Gasteiger partial charge on any atom is 0.318 e. The number of rotatable bonds is 4. The number of amides is 3. The molecule has 4 N–H and O–H groups in total. The zero-order chi connectivity index (χ0) is 12.0. The summed E-state index contributed by atoms with van der Waals surface area (Å²) in [6.45, 7) is 2.58. The average molecular weight is 227 g/mol. The first kappa shape index (κ1) is 13.0. The number of nitrogens with one attached hydrogen (secondary N) is 2. The molecule has 1 atom stereocenters. The quantitative estimate of drug-likeness (QED) is 0.662. The second-order valence-electron chi connectivity index (χ2n) is 4.49. The Morgan fingerprint density at radius 3 is 2.50 bits per heavy atom. The number of carbonyl (C=O) groups is 2. The van der Waals surface area contributed by atoms with Crippen LogP contribution in [0.25, 0.3) is 0 Å². The summed E-state index contributed by atoms with van der Waals surface area (Å²) in [5.41, 5.74) is 4.87. The van der Waals surface area contributed by atoms with Crippen molar-refractivity contribution in [2.24, 2.45) is 11.7 Å². The van der Waals surface area contributed by atoms with Gasteiger partial charge in [-0.15, -0.1) is 0 Å². The van der Waals surface area contributed by atoms with E-state index in [1.165, 1.54) is 32.1 Å². The Balaban J connectivity index is 2.20. The van der Waals surface area contributed by atoms with Gasteiger partial charge in [0.1, 0.15) is 0 Å². The molecule has 0 aromatic heterocycles. The zero-order valence-corrected chi connectivity index (χ0v) is 9.79. The molecule has 1 rings (SSSR count). The van der Waals surface area contributed by atoms with E-state index >= 15 is 0 Å². The highest BCUT2D eigenvalue weighted by molar-refractivity contribution is 5.96. The molecule has 0 saturated heterocycles. The number of primary amides is 1. The molecule has 5 heteroatoms. The van der Waals surface area contributed by atoms with E-state index in [-0.39, 0.29) is 11.9 Å². The third kappa shape index (κ3) is 4.61. The first-order valence-corrected chi connectivity index (χ1v) is 5.93. The molecule has 0 aromatic carbocycles. The lowest BCUT2D eigenvalue weighted by atomic mass is 9.89. The van der Waals surface area contributed by atoms with Crippen molar-refractivity contribution in [1.29, 1.82) is 0 Å². The molecular weight excluding hydrogens is 206 g/mol. The summed E-state index contributed by atoms with van der Waals surface area (Å²) >= 11 is 0. The van der Waals surface area contributed by atoms with Crippen molar-refractivity contribution in [3.63, 3.8) is 0 Å². The fourth-order valence-corrected chi connectivity index (χ4v) is 2.06. The highest BCUT2D eigenvalue weighted by Gasteiger charge is 2.17. The average Bonchev–Trinajstić information content (AvgIpc) is 2.26. The largest absolute Gasteiger partial charge is 0.351 e. The van der Waals surface area contributed by atoms with E-state index < -0.39 is 6.03 Å². The van der Waals surface area contributed by atoms with Gasteiger partial charge in [0.25, 0.3) is 0 Å². The lowest BCUT2D eigenvalue weighted by Gasteiger charge is -2.23. The van der Waals surface area contributed by atoms with E-state index in [0.717, 1.165) is 6.54 Å². The van der Waals surface area contributed by atoms with Crippen LogP contribution in [-0.2, 0) is 4.79 Å². The summed E-state index contributed by atoms with van der Waals surface area (Å²) in [4.78, 5) is 21.8.